The summed E-state index contributed by atoms with van der Waals surface area (Å²) in [7, 11) is 0. The maximum absolute atomic E-state index is 4.69. The van der Waals surface area contributed by atoms with Gasteiger partial charge in [-0.25, -0.2) is 0 Å². The van der Waals surface area contributed by atoms with Gasteiger partial charge in [0, 0.05) is 44.3 Å². The summed E-state index contributed by atoms with van der Waals surface area (Å²) in [6.07, 6.45) is 5.51. The number of benzene rings is 1. The van der Waals surface area contributed by atoms with Crippen LogP contribution >= 0.6 is 11.3 Å². The molecular formula is C19H11N3S. The van der Waals surface area contributed by atoms with Gasteiger partial charge in [-0.05, 0) is 30.3 Å². The average Bonchev–Trinajstić information content (AvgIpc) is 3.00. The van der Waals surface area contributed by atoms with E-state index in [0.717, 1.165) is 22.3 Å². The lowest BCUT2D eigenvalue weighted by Crippen LogP contribution is -1.90. The summed E-state index contributed by atoms with van der Waals surface area (Å²) < 4.78 is 2.53. The highest BCUT2D eigenvalue weighted by molar-refractivity contribution is 7.25. The smallest absolute Gasteiger partial charge is 0.0980 e. The van der Waals surface area contributed by atoms with Crippen LogP contribution in [-0.2, 0) is 0 Å². The van der Waals surface area contributed by atoms with Crippen LogP contribution in [0.2, 0.25) is 0 Å². The first-order chi connectivity index (χ1) is 11.4. The molecule has 4 aromatic heterocycles. The predicted molar refractivity (Wildman–Crippen MR) is 95.7 cm³/mol. The molecular weight excluding hydrogens is 302 g/mol. The van der Waals surface area contributed by atoms with Crippen molar-refractivity contribution in [1.29, 1.82) is 0 Å². The van der Waals surface area contributed by atoms with E-state index in [2.05, 4.69) is 45.3 Å². The second kappa shape index (κ2) is 4.83. The molecule has 108 valence electrons. The molecule has 4 heterocycles. The fraction of sp³-hybridized carbons (Fsp3) is 0. The standard InChI is InChI=1S/C19H11N3S/c1-2-6-15-12(4-1)17-16(23-15)8-11-22-19(17)13-7-10-20-14-5-3-9-21-18(13)14/h1-11H. The molecule has 0 aliphatic carbocycles. The maximum atomic E-state index is 4.69. The Bertz CT molecular complexity index is 1170. The van der Waals surface area contributed by atoms with Crippen molar-refractivity contribution in [2.24, 2.45) is 0 Å². The number of thiophene rings is 1. The minimum atomic E-state index is 0.892. The molecule has 0 saturated heterocycles. The first kappa shape index (κ1) is 12.7. The SMILES string of the molecule is c1cnc2c(-c3nccc4sc5ccccc5c34)ccnc2c1. The first-order valence-corrected chi connectivity index (χ1v) is 8.20. The summed E-state index contributed by atoms with van der Waals surface area (Å²) in [5.74, 6) is 0. The zero-order valence-corrected chi connectivity index (χ0v) is 12.9. The predicted octanol–water partition coefficient (Wildman–Crippen LogP) is 5.06. The van der Waals surface area contributed by atoms with Crippen molar-refractivity contribution in [2.75, 3.05) is 0 Å². The van der Waals surface area contributed by atoms with Crippen molar-refractivity contribution < 1.29 is 0 Å². The minimum Gasteiger partial charge on any atom is -0.255 e. The van der Waals surface area contributed by atoms with Gasteiger partial charge in [0.05, 0.1) is 16.7 Å². The molecule has 5 rings (SSSR count). The summed E-state index contributed by atoms with van der Waals surface area (Å²) >= 11 is 1.80. The maximum Gasteiger partial charge on any atom is 0.0980 e. The van der Waals surface area contributed by atoms with Crippen LogP contribution in [0, 0.1) is 0 Å². The van der Waals surface area contributed by atoms with E-state index in [1.54, 1.807) is 17.5 Å². The van der Waals surface area contributed by atoms with Crippen LogP contribution in [0.15, 0.2) is 67.1 Å². The van der Waals surface area contributed by atoms with Crippen LogP contribution < -0.4 is 0 Å². The largest absolute Gasteiger partial charge is 0.255 e. The monoisotopic (exact) mass is 313 g/mol. The van der Waals surface area contributed by atoms with Crippen LogP contribution in [0.5, 0.6) is 0 Å². The third-order valence-corrected chi connectivity index (χ3v) is 5.18. The van der Waals surface area contributed by atoms with Crippen molar-refractivity contribution in [3.05, 3.63) is 67.1 Å². The summed E-state index contributed by atoms with van der Waals surface area (Å²) in [6, 6.07) is 16.5. The van der Waals surface area contributed by atoms with Gasteiger partial charge in [-0.3, -0.25) is 15.0 Å². The van der Waals surface area contributed by atoms with Gasteiger partial charge in [0.15, 0.2) is 0 Å². The summed E-state index contributed by atoms with van der Waals surface area (Å²) in [5, 5.41) is 2.45. The lowest BCUT2D eigenvalue weighted by molar-refractivity contribution is 1.31. The molecule has 0 aliphatic rings. The molecule has 0 saturated carbocycles. The van der Waals surface area contributed by atoms with E-state index < -0.39 is 0 Å². The topological polar surface area (TPSA) is 38.7 Å². The van der Waals surface area contributed by atoms with Crippen molar-refractivity contribution in [2.45, 2.75) is 0 Å². The highest BCUT2D eigenvalue weighted by Gasteiger charge is 2.14. The molecule has 0 radical (unpaired) electrons. The molecule has 0 N–H and O–H groups in total. The van der Waals surface area contributed by atoms with E-state index in [9.17, 15) is 0 Å². The van der Waals surface area contributed by atoms with Crippen LogP contribution in [0.1, 0.15) is 0 Å². The normalized spacial score (nSPS) is 11.5. The van der Waals surface area contributed by atoms with E-state index >= 15 is 0 Å². The van der Waals surface area contributed by atoms with Gasteiger partial charge >= 0.3 is 0 Å². The van der Waals surface area contributed by atoms with Gasteiger partial charge in [0.25, 0.3) is 0 Å². The second-order valence-corrected chi connectivity index (χ2v) is 6.44. The van der Waals surface area contributed by atoms with Crippen LogP contribution in [0.25, 0.3) is 42.5 Å². The Balaban J connectivity index is 1.96. The molecule has 0 atom stereocenters. The molecule has 0 unspecified atom stereocenters. The summed E-state index contributed by atoms with van der Waals surface area (Å²) in [5.41, 5.74) is 3.80. The Morgan fingerprint density at radius 1 is 0.696 bits per heavy atom. The fourth-order valence-corrected chi connectivity index (χ4v) is 4.15. The number of hydrogen-bond acceptors (Lipinski definition) is 4. The zero-order valence-electron chi connectivity index (χ0n) is 12.1. The fourth-order valence-electron chi connectivity index (χ4n) is 3.04. The minimum absolute atomic E-state index is 0.892. The third-order valence-electron chi connectivity index (χ3n) is 4.04. The van der Waals surface area contributed by atoms with Crippen molar-refractivity contribution >= 4 is 42.5 Å². The Morgan fingerprint density at radius 2 is 1.61 bits per heavy atom. The molecule has 0 fully saturated rings. The molecule has 4 heteroatoms. The molecule has 23 heavy (non-hydrogen) atoms. The average molecular weight is 313 g/mol. The number of hydrogen-bond donors (Lipinski definition) is 0. The lowest BCUT2D eigenvalue weighted by Gasteiger charge is -2.06. The number of pyridine rings is 3. The third kappa shape index (κ3) is 1.85. The van der Waals surface area contributed by atoms with Crippen molar-refractivity contribution in [3.63, 3.8) is 0 Å². The molecule has 3 nitrogen and oxygen atoms in total. The number of fused-ring (bicyclic) bond motifs is 4. The quantitative estimate of drug-likeness (QED) is 0.434. The Kier molecular flexibility index (Phi) is 2.66. The van der Waals surface area contributed by atoms with E-state index in [0.29, 0.717) is 0 Å². The Morgan fingerprint density at radius 3 is 2.61 bits per heavy atom. The highest BCUT2D eigenvalue weighted by Crippen LogP contribution is 2.39. The van der Waals surface area contributed by atoms with Gasteiger partial charge in [0.1, 0.15) is 0 Å². The van der Waals surface area contributed by atoms with E-state index in [4.69, 9.17) is 0 Å². The van der Waals surface area contributed by atoms with Gasteiger partial charge in [-0.1, -0.05) is 18.2 Å². The number of rotatable bonds is 1. The van der Waals surface area contributed by atoms with E-state index in [1.165, 1.54) is 20.2 Å². The second-order valence-electron chi connectivity index (χ2n) is 5.36. The van der Waals surface area contributed by atoms with Gasteiger partial charge in [-0.15, -0.1) is 11.3 Å². The van der Waals surface area contributed by atoms with Gasteiger partial charge < -0.3 is 0 Å². The molecule has 0 amide bonds. The Hall–Kier alpha value is -2.85. The van der Waals surface area contributed by atoms with Crippen LogP contribution in [0.4, 0.5) is 0 Å². The van der Waals surface area contributed by atoms with Gasteiger partial charge in [0.2, 0.25) is 0 Å². The molecule has 1 aromatic carbocycles. The molecule has 5 aromatic rings. The highest BCUT2D eigenvalue weighted by atomic mass is 32.1. The van der Waals surface area contributed by atoms with Crippen molar-refractivity contribution in [1.82, 2.24) is 15.0 Å². The molecule has 0 bridgehead atoms. The number of aromatic nitrogens is 3. The van der Waals surface area contributed by atoms with Crippen molar-refractivity contribution in [3.8, 4) is 11.3 Å². The zero-order chi connectivity index (χ0) is 15.2. The number of nitrogens with zero attached hydrogens (tertiary/aromatic N) is 3. The van der Waals surface area contributed by atoms with E-state index in [1.807, 2.05) is 30.6 Å². The molecule has 0 spiro atoms. The summed E-state index contributed by atoms with van der Waals surface area (Å²) in [4.78, 5) is 13.6. The van der Waals surface area contributed by atoms with Crippen LogP contribution in [0.3, 0.4) is 0 Å². The first-order valence-electron chi connectivity index (χ1n) is 7.38. The molecule has 0 aliphatic heterocycles. The van der Waals surface area contributed by atoms with Crippen LogP contribution in [-0.4, -0.2) is 15.0 Å². The van der Waals surface area contributed by atoms with Gasteiger partial charge in [-0.2, -0.15) is 0 Å². The van der Waals surface area contributed by atoms with E-state index in [-0.39, 0.29) is 0 Å². The Labute approximate surface area is 136 Å². The summed E-state index contributed by atoms with van der Waals surface area (Å²) in [6.45, 7) is 0. The lowest BCUT2D eigenvalue weighted by atomic mass is 10.0.